The summed E-state index contributed by atoms with van der Waals surface area (Å²) < 4.78 is 5.30. The minimum absolute atomic E-state index is 0.629. The van der Waals surface area contributed by atoms with Gasteiger partial charge in [-0.25, -0.2) is 0 Å². The van der Waals surface area contributed by atoms with Gasteiger partial charge in [-0.05, 0) is 55.4 Å². The summed E-state index contributed by atoms with van der Waals surface area (Å²) in [5.74, 6) is 4.84. The molecule has 0 saturated heterocycles. The molecule has 20 heavy (non-hydrogen) atoms. The van der Waals surface area contributed by atoms with E-state index in [4.69, 9.17) is 16.6 Å². The quantitative estimate of drug-likeness (QED) is 0.623. The third-order valence-electron chi connectivity index (χ3n) is 4.41. The average molecular weight is 310 g/mol. The Kier molecular flexibility index (Phi) is 4.89. The minimum atomic E-state index is 0.629. The van der Waals surface area contributed by atoms with Gasteiger partial charge >= 0.3 is 0 Å². The number of hydrogen-bond donors (Lipinski definition) is 2. The van der Waals surface area contributed by atoms with Crippen LogP contribution in [0.5, 0.6) is 0 Å². The van der Waals surface area contributed by atoms with Gasteiger partial charge in [-0.15, -0.1) is 0 Å². The number of rotatable bonds is 6. The first-order valence-electron chi connectivity index (χ1n) is 7.46. The largest absolute Gasteiger partial charge is 0.468 e. The van der Waals surface area contributed by atoms with Crippen molar-refractivity contribution in [1.29, 1.82) is 0 Å². The van der Waals surface area contributed by atoms with Crippen molar-refractivity contribution in [2.75, 3.05) is 12.3 Å². The molecular weight excluding hydrogens is 288 g/mol. The van der Waals surface area contributed by atoms with E-state index in [1.54, 1.807) is 6.26 Å². The summed E-state index contributed by atoms with van der Waals surface area (Å²) in [4.78, 5) is 0. The van der Waals surface area contributed by atoms with Crippen LogP contribution in [0.4, 0.5) is 0 Å². The fourth-order valence-electron chi connectivity index (χ4n) is 3.45. The van der Waals surface area contributed by atoms with Crippen LogP contribution in [0.25, 0.3) is 0 Å². The fraction of sp³-hybridized carbons (Fsp3) is 0.667. The Balaban J connectivity index is 1.26. The van der Waals surface area contributed by atoms with E-state index in [0.717, 1.165) is 40.8 Å². The third-order valence-corrected chi connectivity index (χ3v) is 5.65. The molecule has 2 saturated carbocycles. The van der Waals surface area contributed by atoms with Gasteiger partial charge in [0.15, 0.2) is 5.11 Å². The molecule has 2 aliphatic carbocycles. The smallest absolute Gasteiger partial charge is 0.166 e. The van der Waals surface area contributed by atoms with Crippen molar-refractivity contribution in [2.45, 2.75) is 37.5 Å². The summed E-state index contributed by atoms with van der Waals surface area (Å²) in [6.45, 7) is 0.915. The Morgan fingerprint density at radius 2 is 2.35 bits per heavy atom. The third kappa shape index (κ3) is 3.70. The highest BCUT2D eigenvalue weighted by atomic mass is 32.2. The second-order valence-corrected chi connectivity index (χ2v) is 7.33. The predicted molar refractivity (Wildman–Crippen MR) is 87.8 cm³/mol. The molecular formula is C15H22N2OS2. The SMILES string of the molecule is S=C(NCCSCc1ccco1)NC1CC2CCC1C2. The molecule has 3 unspecified atom stereocenters. The molecule has 1 heterocycles. The monoisotopic (exact) mass is 310 g/mol. The molecule has 2 N–H and O–H groups in total. The van der Waals surface area contributed by atoms with Gasteiger partial charge in [0.25, 0.3) is 0 Å². The maximum atomic E-state index is 5.39. The van der Waals surface area contributed by atoms with Crippen molar-refractivity contribution in [3.63, 3.8) is 0 Å². The van der Waals surface area contributed by atoms with E-state index in [0.29, 0.717) is 6.04 Å². The molecule has 0 amide bonds. The highest BCUT2D eigenvalue weighted by Gasteiger charge is 2.39. The van der Waals surface area contributed by atoms with Crippen molar-refractivity contribution in [3.05, 3.63) is 24.2 Å². The molecule has 0 radical (unpaired) electrons. The summed E-state index contributed by atoms with van der Waals surface area (Å²) in [5.41, 5.74) is 0. The minimum Gasteiger partial charge on any atom is -0.468 e. The molecule has 2 aliphatic rings. The molecule has 110 valence electrons. The van der Waals surface area contributed by atoms with Gasteiger partial charge in [0, 0.05) is 18.3 Å². The molecule has 2 bridgehead atoms. The standard InChI is InChI=1S/C15H22N2OS2/c19-15(17-14-9-11-3-4-12(14)8-11)16-5-7-20-10-13-2-1-6-18-13/h1-2,6,11-12,14H,3-5,7-10H2,(H2,16,17,19). The maximum Gasteiger partial charge on any atom is 0.166 e. The number of fused-ring (bicyclic) bond motifs is 2. The van der Waals surface area contributed by atoms with E-state index in [1.807, 2.05) is 23.9 Å². The number of furan rings is 1. The number of hydrogen-bond acceptors (Lipinski definition) is 3. The lowest BCUT2D eigenvalue weighted by molar-refractivity contribution is 0.389. The molecule has 0 spiro atoms. The molecule has 1 aromatic heterocycles. The normalized spacial score (nSPS) is 27.7. The molecule has 3 atom stereocenters. The Morgan fingerprint density at radius 1 is 1.40 bits per heavy atom. The van der Waals surface area contributed by atoms with Crippen LogP contribution < -0.4 is 10.6 Å². The molecule has 2 fully saturated rings. The van der Waals surface area contributed by atoms with E-state index < -0.39 is 0 Å². The first kappa shape index (κ1) is 14.3. The molecule has 1 aromatic rings. The molecule has 0 aromatic carbocycles. The van der Waals surface area contributed by atoms with Crippen molar-refractivity contribution < 1.29 is 4.42 Å². The maximum absolute atomic E-state index is 5.39. The van der Waals surface area contributed by atoms with Crippen LogP contribution >= 0.6 is 24.0 Å². The Labute approximate surface area is 130 Å². The van der Waals surface area contributed by atoms with E-state index in [-0.39, 0.29) is 0 Å². The van der Waals surface area contributed by atoms with Crippen LogP contribution in [0.15, 0.2) is 22.8 Å². The lowest BCUT2D eigenvalue weighted by Gasteiger charge is -2.24. The molecule has 0 aliphatic heterocycles. The van der Waals surface area contributed by atoms with Gasteiger partial charge in [-0.3, -0.25) is 0 Å². The average Bonchev–Trinajstić information content (AvgIpc) is 3.15. The summed E-state index contributed by atoms with van der Waals surface area (Å²) in [5, 5.41) is 7.66. The van der Waals surface area contributed by atoms with Gasteiger partial charge in [0.1, 0.15) is 5.76 Å². The van der Waals surface area contributed by atoms with E-state index in [9.17, 15) is 0 Å². The van der Waals surface area contributed by atoms with Crippen molar-refractivity contribution in [2.24, 2.45) is 11.8 Å². The topological polar surface area (TPSA) is 37.2 Å². The van der Waals surface area contributed by atoms with Gasteiger partial charge in [0.05, 0.1) is 12.0 Å². The fourth-order valence-corrected chi connectivity index (χ4v) is 4.45. The zero-order valence-corrected chi connectivity index (χ0v) is 13.3. The van der Waals surface area contributed by atoms with Gasteiger partial charge in [-0.1, -0.05) is 6.42 Å². The summed E-state index contributed by atoms with van der Waals surface area (Å²) in [6, 6.07) is 4.58. The van der Waals surface area contributed by atoms with Crippen LogP contribution in [0, 0.1) is 11.8 Å². The van der Waals surface area contributed by atoms with Crippen LogP contribution in [-0.2, 0) is 5.75 Å². The highest BCUT2D eigenvalue weighted by molar-refractivity contribution is 7.98. The van der Waals surface area contributed by atoms with Crippen molar-refractivity contribution in [3.8, 4) is 0 Å². The van der Waals surface area contributed by atoms with E-state index in [1.165, 1.54) is 25.7 Å². The summed E-state index contributed by atoms with van der Waals surface area (Å²) in [6.07, 6.45) is 7.29. The van der Waals surface area contributed by atoms with Crippen LogP contribution in [0.1, 0.15) is 31.4 Å². The van der Waals surface area contributed by atoms with Crippen LogP contribution in [-0.4, -0.2) is 23.5 Å². The summed E-state index contributed by atoms with van der Waals surface area (Å²) >= 11 is 7.25. The highest BCUT2D eigenvalue weighted by Crippen LogP contribution is 2.44. The lowest BCUT2D eigenvalue weighted by atomic mass is 9.96. The second kappa shape index (κ2) is 6.85. The van der Waals surface area contributed by atoms with Gasteiger partial charge in [0.2, 0.25) is 0 Å². The van der Waals surface area contributed by atoms with E-state index in [2.05, 4.69) is 10.6 Å². The zero-order valence-electron chi connectivity index (χ0n) is 11.6. The van der Waals surface area contributed by atoms with Crippen molar-refractivity contribution in [1.82, 2.24) is 10.6 Å². The molecule has 3 nitrogen and oxygen atoms in total. The Hall–Kier alpha value is -0.680. The van der Waals surface area contributed by atoms with E-state index >= 15 is 0 Å². The van der Waals surface area contributed by atoms with Gasteiger partial charge in [-0.2, -0.15) is 11.8 Å². The Bertz CT molecular complexity index is 435. The number of nitrogens with one attached hydrogen (secondary N) is 2. The first-order chi connectivity index (χ1) is 9.81. The van der Waals surface area contributed by atoms with Crippen molar-refractivity contribution >= 4 is 29.1 Å². The molecule has 5 heteroatoms. The Morgan fingerprint density at radius 3 is 3.05 bits per heavy atom. The van der Waals surface area contributed by atoms with Crippen LogP contribution in [0.2, 0.25) is 0 Å². The van der Waals surface area contributed by atoms with Crippen LogP contribution in [0.3, 0.4) is 0 Å². The predicted octanol–water partition coefficient (Wildman–Crippen LogP) is 3.17. The number of thiocarbonyl (C=S) groups is 1. The summed E-state index contributed by atoms with van der Waals surface area (Å²) in [7, 11) is 0. The first-order valence-corrected chi connectivity index (χ1v) is 9.02. The van der Waals surface area contributed by atoms with Gasteiger partial charge < -0.3 is 15.1 Å². The lowest BCUT2D eigenvalue weighted by Crippen LogP contribution is -2.44. The number of thioether (sulfide) groups is 1. The second-order valence-electron chi connectivity index (χ2n) is 5.81. The molecule has 3 rings (SSSR count). The zero-order chi connectivity index (χ0) is 13.8.